The second-order valence-corrected chi connectivity index (χ2v) is 7.24. The average molecular weight is 389 g/mol. The molecule has 1 saturated heterocycles. The van der Waals surface area contributed by atoms with E-state index >= 15 is 0 Å². The summed E-state index contributed by atoms with van der Waals surface area (Å²) in [5.74, 6) is -0.118. The molecule has 1 aliphatic rings. The number of anilines is 2. The largest absolute Gasteiger partial charge is 0.348 e. The van der Waals surface area contributed by atoms with E-state index in [9.17, 15) is 4.79 Å². The van der Waals surface area contributed by atoms with Crippen LogP contribution in [0, 0.1) is 0 Å². The molecule has 3 N–H and O–H groups in total. The number of nitrogens with one attached hydrogen (secondary N) is 1. The standard InChI is InChI=1S/C19H20N4OS.ClH/c20-12-13-3-5-14(6-4-13)18(24)21-15-7-8-16-17(11-15)25-19(22-16)23-9-1-2-10-23;/h3-8,11H,1-2,9-10,12,20H2,(H,21,24);1H. The predicted molar refractivity (Wildman–Crippen MR) is 111 cm³/mol. The minimum atomic E-state index is -0.118. The van der Waals surface area contributed by atoms with Gasteiger partial charge in [-0.1, -0.05) is 23.5 Å². The Hall–Kier alpha value is -2.15. The number of thiazole rings is 1. The van der Waals surface area contributed by atoms with Crippen LogP contribution in [-0.4, -0.2) is 24.0 Å². The van der Waals surface area contributed by atoms with Gasteiger partial charge < -0.3 is 16.0 Å². The molecule has 0 bridgehead atoms. The molecule has 0 unspecified atom stereocenters. The Morgan fingerprint density at radius 2 is 1.88 bits per heavy atom. The molecular formula is C19H21ClN4OS. The smallest absolute Gasteiger partial charge is 0.255 e. The van der Waals surface area contributed by atoms with E-state index < -0.39 is 0 Å². The summed E-state index contributed by atoms with van der Waals surface area (Å²) in [6.07, 6.45) is 2.47. The maximum atomic E-state index is 12.4. The minimum Gasteiger partial charge on any atom is -0.348 e. The predicted octanol–water partition coefficient (Wildman–Crippen LogP) is 4.03. The van der Waals surface area contributed by atoms with Crippen molar-refractivity contribution in [3.8, 4) is 0 Å². The molecule has 2 aromatic carbocycles. The van der Waals surface area contributed by atoms with Gasteiger partial charge in [0.05, 0.1) is 10.2 Å². The van der Waals surface area contributed by atoms with E-state index in [0.29, 0.717) is 12.1 Å². The van der Waals surface area contributed by atoms with Crippen LogP contribution in [0.2, 0.25) is 0 Å². The van der Waals surface area contributed by atoms with Crippen molar-refractivity contribution >= 4 is 50.7 Å². The van der Waals surface area contributed by atoms with Gasteiger partial charge in [0.1, 0.15) is 0 Å². The summed E-state index contributed by atoms with van der Waals surface area (Å²) >= 11 is 1.69. The van der Waals surface area contributed by atoms with E-state index in [0.717, 1.165) is 39.7 Å². The fourth-order valence-corrected chi connectivity index (χ4v) is 4.09. The monoisotopic (exact) mass is 388 g/mol. The van der Waals surface area contributed by atoms with Gasteiger partial charge in [0.15, 0.2) is 5.13 Å². The highest BCUT2D eigenvalue weighted by atomic mass is 35.5. The van der Waals surface area contributed by atoms with Crippen LogP contribution >= 0.6 is 23.7 Å². The highest BCUT2D eigenvalue weighted by Gasteiger charge is 2.16. The lowest BCUT2D eigenvalue weighted by molar-refractivity contribution is 0.102. The maximum Gasteiger partial charge on any atom is 0.255 e. The number of nitrogens with two attached hydrogens (primary N) is 1. The fourth-order valence-electron chi connectivity index (χ4n) is 3.03. The number of carbonyl (C=O) groups excluding carboxylic acids is 1. The van der Waals surface area contributed by atoms with E-state index in [-0.39, 0.29) is 18.3 Å². The molecule has 4 rings (SSSR count). The van der Waals surface area contributed by atoms with E-state index in [1.54, 1.807) is 23.5 Å². The zero-order valence-electron chi connectivity index (χ0n) is 14.3. The number of hydrogen-bond donors (Lipinski definition) is 2. The molecule has 1 fully saturated rings. The topological polar surface area (TPSA) is 71.2 Å². The zero-order chi connectivity index (χ0) is 17.2. The first kappa shape index (κ1) is 18.6. The molecule has 3 aromatic rings. The molecule has 0 aliphatic carbocycles. The van der Waals surface area contributed by atoms with Crippen LogP contribution in [-0.2, 0) is 6.54 Å². The number of fused-ring (bicyclic) bond motifs is 1. The first-order valence-corrected chi connectivity index (χ1v) is 9.30. The van der Waals surface area contributed by atoms with Gasteiger partial charge >= 0.3 is 0 Å². The molecule has 5 nitrogen and oxygen atoms in total. The van der Waals surface area contributed by atoms with Gasteiger partial charge in [0, 0.05) is 30.9 Å². The third-order valence-corrected chi connectivity index (χ3v) is 5.54. The molecule has 0 spiro atoms. The molecule has 2 heterocycles. The van der Waals surface area contributed by atoms with Crippen LogP contribution in [0.4, 0.5) is 10.8 Å². The lowest BCUT2D eigenvalue weighted by Gasteiger charge is -2.11. The van der Waals surface area contributed by atoms with Gasteiger partial charge in [-0.15, -0.1) is 12.4 Å². The number of amides is 1. The van der Waals surface area contributed by atoms with Crippen LogP contribution in [0.1, 0.15) is 28.8 Å². The Kier molecular flexibility index (Phi) is 5.76. The normalized spacial score (nSPS) is 13.7. The van der Waals surface area contributed by atoms with Crippen molar-refractivity contribution in [2.24, 2.45) is 5.73 Å². The summed E-state index contributed by atoms with van der Waals surface area (Å²) < 4.78 is 1.10. The summed E-state index contributed by atoms with van der Waals surface area (Å²) in [7, 11) is 0. The molecular weight excluding hydrogens is 368 g/mol. The number of rotatable bonds is 4. The van der Waals surface area contributed by atoms with Gasteiger partial charge in [-0.3, -0.25) is 4.79 Å². The van der Waals surface area contributed by atoms with Gasteiger partial charge in [0.2, 0.25) is 0 Å². The second kappa shape index (κ2) is 8.03. The highest BCUT2D eigenvalue weighted by Crippen LogP contribution is 2.32. The molecule has 1 amide bonds. The Labute approximate surface area is 162 Å². The molecule has 0 saturated carbocycles. The average Bonchev–Trinajstić information content (AvgIpc) is 3.30. The van der Waals surface area contributed by atoms with E-state index in [1.807, 2.05) is 30.3 Å². The Morgan fingerprint density at radius 3 is 2.58 bits per heavy atom. The van der Waals surface area contributed by atoms with Crippen LogP contribution in [0.3, 0.4) is 0 Å². The third kappa shape index (κ3) is 3.82. The molecule has 26 heavy (non-hydrogen) atoms. The van der Waals surface area contributed by atoms with Crippen molar-refractivity contribution in [3.63, 3.8) is 0 Å². The number of benzene rings is 2. The summed E-state index contributed by atoms with van der Waals surface area (Å²) in [6.45, 7) is 2.65. The zero-order valence-corrected chi connectivity index (χ0v) is 15.9. The minimum absolute atomic E-state index is 0. The van der Waals surface area contributed by atoms with Gasteiger partial charge in [0.25, 0.3) is 5.91 Å². The van der Waals surface area contributed by atoms with Crippen molar-refractivity contribution in [3.05, 3.63) is 53.6 Å². The van der Waals surface area contributed by atoms with Crippen molar-refractivity contribution in [1.29, 1.82) is 0 Å². The van der Waals surface area contributed by atoms with Gasteiger partial charge in [-0.2, -0.15) is 0 Å². The molecule has 136 valence electrons. The van der Waals surface area contributed by atoms with Crippen LogP contribution in [0.5, 0.6) is 0 Å². The fraction of sp³-hybridized carbons (Fsp3) is 0.263. The molecule has 1 aromatic heterocycles. The molecule has 0 atom stereocenters. The Bertz CT molecular complexity index is 904. The first-order valence-electron chi connectivity index (χ1n) is 8.49. The summed E-state index contributed by atoms with van der Waals surface area (Å²) in [4.78, 5) is 19.4. The maximum absolute atomic E-state index is 12.4. The molecule has 7 heteroatoms. The Morgan fingerprint density at radius 1 is 1.15 bits per heavy atom. The van der Waals surface area contributed by atoms with E-state index in [2.05, 4.69) is 10.2 Å². The highest BCUT2D eigenvalue weighted by molar-refractivity contribution is 7.22. The van der Waals surface area contributed by atoms with Crippen LogP contribution in [0.15, 0.2) is 42.5 Å². The van der Waals surface area contributed by atoms with Crippen molar-refractivity contribution < 1.29 is 4.79 Å². The van der Waals surface area contributed by atoms with Crippen molar-refractivity contribution in [2.75, 3.05) is 23.3 Å². The van der Waals surface area contributed by atoms with Gasteiger partial charge in [-0.05, 0) is 48.7 Å². The Balaban J connectivity index is 0.00000196. The van der Waals surface area contributed by atoms with Crippen LogP contribution in [0.25, 0.3) is 10.2 Å². The first-order chi connectivity index (χ1) is 12.2. The van der Waals surface area contributed by atoms with E-state index in [4.69, 9.17) is 10.7 Å². The third-order valence-electron chi connectivity index (χ3n) is 4.46. The van der Waals surface area contributed by atoms with Crippen molar-refractivity contribution in [1.82, 2.24) is 4.98 Å². The summed E-state index contributed by atoms with van der Waals surface area (Å²) in [5.41, 5.74) is 9.00. The second-order valence-electron chi connectivity index (χ2n) is 6.23. The number of nitrogens with zero attached hydrogens (tertiary/aromatic N) is 2. The molecule has 0 radical (unpaired) electrons. The summed E-state index contributed by atoms with van der Waals surface area (Å²) in [6, 6.07) is 13.2. The molecule has 1 aliphatic heterocycles. The van der Waals surface area contributed by atoms with Crippen LogP contribution < -0.4 is 16.0 Å². The van der Waals surface area contributed by atoms with Crippen molar-refractivity contribution in [2.45, 2.75) is 19.4 Å². The lowest BCUT2D eigenvalue weighted by Crippen LogP contribution is -2.16. The number of aromatic nitrogens is 1. The van der Waals surface area contributed by atoms with Gasteiger partial charge in [-0.25, -0.2) is 4.98 Å². The summed E-state index contributed by atoms with van der Waals surface area (Å²) in [5, 5.41) is 4.04. The SMILES string of the molecule is Cl.NCc1ccc(C(=O)Nc2ccc3nc(N4CCCC4)sc3c2)cc1. The lowest BCUT2D eigenvalue weighted by atomic mass is 10.1. The number of carbonyl (C=O) groups is 1. The number of hydrogen-bond acceptors (Lipinski definition) is 5. The van der Waals surface area contributed by atoms with E-state index in [1.165, 1.54) is 12.8 Å². The number of halogens is 1. The quantitative estimate of drug-likeness (QED) is 0.707.